The fourth-order valence-electron chi connectivity index (χ4n) is 1.68. The molecule has 0 radical (unpaired) electrons. The molecule has 0 amide bonds. The standard InChI is InChI=1S/C15H15ClFNO/c1-11-5-6-13(17)10-15(11)19-8-7-18-14-4-2-3-12(16)9-14/h2-6,9-10,18H,7-8H2,1H3. The van der Waals surface area contributed by atoms with E-state index in [1.165, 1.54) is 12.1 Å². The van der Waals surface area contributed by atoms with Gasteiger partial charge < -0.3 is 10.1 Å². The van der Waals surface area contributed by atoms with Crippen LogP contribution in [0.4, 0.5) is 10.1 Å². The van der Waals surface area contributed by atoms with Crippen molar-refractivity contribution in [1.29, 1.82) is 0 Å². The van der Waals surface area contributed by atoms with Gasteiger partial charge in [-0.15, -0.1) is 0 Å². The van der Waals surface area contributed by atoms with Crippen LogP contribution >= 0.6 is 11.6 Å². The van der Waals surface area contributed by atoms with E-state index in [0.29, 0.717) is 23.9 Å². The Morgan fingerprint density at radius 2 is 2.05 bits per heavy atom. The molecule has 0 atom stereocenters. The molecule has 4 heteroatoms. The van der Waals surface area contributed by atoms with E-state index in [4.69, 9.17) is 16.3 Å². The molecule has 0 saturated carbocycles. The van der Waals surface area contributed by atoms with Crippen molar-refractivity contribution in [3.8, 4) is 5.75 Å². The summed E-state index contributed by atoms with van der Waals surface area (Å²) in [5.74, 6) is 0.288. The van der Waals surface area contributed by atoms with Crippen LogP contribution < -0.4 is 10.1 Å². The van der Waals surface area contributed by atoms with Gasteiger partial charge >= 0.3 is 0 Å². The van der Waals surface area contributed by atoms with Crippen molar-refractivity contribution in [2.24, 2.45) is 0 Å². The fourth-order valence-corrected chi connectivity index (χ4v) is 1.87. The van der Waals surface area contributed by atoms with Crippen molar-refractivity contribution in [3.05, 3.63) is 58.9 Å². The number of aryl methyl sites for hydroxylation is 1. The first kappa shape index (κ1) is 13.7. The van der Waals surface area contributed by atoms with E-state index >= 15 is 0 Å². The summed E-state index contributed by atoms with van der Waals surface area (Å²) in [5.41, 5.74) is 1.86. The molecular formula is C15H15ClFNO. The van der Waals surface area contributed by atoms with Crippen molar-refractivity contribution >= 4 is 17.3 Å². The van der Waals surface area contributed by atoms with Gasteiger partial charge in [-0.1, -0.05) is 23.7 Å². The molecule has 0 bridgehead atoms. The van der Waals surface area contributed by atoms with Crippen LogP contribution in [0.5, 0.6) is 5.75 Å². The van der Waals surface area contributed by atoms with Crippen LogP contribution in [-0.2, 0) is 0 Å². The van der Waals surface area contributed by atoms with Gasteiger partial charge in [0, 0.05) is 23.3 Å². The van der Waals surface area contributed by atoms with Gasteiger partial charge in [-0.25, -0.2) is 4.39 Å². The van der Waals surface area contributed by atoms with E-state index in [2.05, 4.69) is 5.32 Å². The molecule has 0 unspecified atom stereocenters. The Kier molecular flexibility index (Phi) is 4.63. The average molecular weight is 280 g/mol. The van der Waals surface area contributed by atoms with E-state index in [0.717, 1.165) is 11.3 Å². The molecule has 19 heavy (non-hydrogen) atoms. The highest BCUT2D eigenvalue weighted by molar-refractivity contribution is 6.30. The van der Waals surface area contributed by atoms with Crippen molar-refractivity contribution < 1.29 is 9.13 Å². The fraction of sp³-hybridized carbons (Fsp3) is 0.200. The van der Waals surface area contributed by atoms with E-state index in [1.807, 2.05) is 31.2 Å². The number of hydrogen-bond donors (Lipinski definition) is 1. The Morgan fingerprint density at radius 1 is 1.21 bits per heavy atom. The number of ether oxygens (including phenoxy) is 1. The Balaban J connectivity index is 1.82. The minimum Gasteiger partial charge on any atom is -0.491 e. The van der Waals surface area contributed by atoms with Crippen molar-refractivity contribution in [3.63, 3.8) is 0 Å². The van der Waals surface area contributed by atoms with Gasteiger partial charge in [0.1, 0.15) is 18.2 Å². The van der Waals surface area contributed by atoms with Gasteiger partial charge in [-0.3, -0.25) is 0 Å². The third-order valence-electron chi connectivity index (χ3n) is 2.66. The number of benzene rings is 2. The molecule has 2 aromatic carbocycles. The lowest BCUT2D eigenvalue weighted by molar-refractivity contribution is 0.328. The van der Waals surface area contributed by atoms with Crippen molar-refractivity contribution in [2.45, 2.75) is 6.92 Å². The molecule has 1 N–H and O–H groups in total. The summed E-state index contributed by atoms with van der Waals surface area (Å²) in [6, 6.07) is 12.0. The summed E-state index contributed by atoms with van der Waals surface area (Å²) in [4.78, 5) is 0. The molecule has 0 aliphatic carbocycles. The zero-order valence-corrected chi connectivity index (χ0v) is 11.4. The molecule has 0 heterocycles. The lowest BCUT2D eigenvalue weighted by atomic mass is 10.2. The molecule has 0 aliphatic heterocycles. The molecule has 0 spiro atoms. The zero-order chi connectivity index (χ0) is 13.7. The summed E-state index contributed by atoms with van der Waals surface area (Å²) in [6.07, 6.45) is 0. The Labute approximate surface area is 117 Å². The molecule has 100 valence electrons. The molecule has 2 nitrogen and oxygen atoms in total. The zero-order valence-electron chi connectivity index (χ0n) is 10.6. The quantitative estimate of drug-likeness (QED) is 0.825. The van der Waals surface area contributed by atoms with E-state index in [9.17, 15) is 4.39 Å². The predicted molar refractivity (Wildman–Crippen MR) is 76.6 cm³/mol. The van der Waals surface area contributed by atoms with E-state index in [1.54, 1.807) is 6.07 Å². The molecule has 0 aromatic heterocycles. The first-order valence-corrected chi connectivity index (χ1v) is 6.41. The number of anilines is 1. The normalized spacial score (nSPS) is 10.3. The number of rotatable bonds is 5. The number of hydrogen-bond acceptors (Lipinski definition) is 2. The third kappa shape index (κ3) is 4.14. The van der Waals surface area contributed by atoms with Crippen LogP contribution in [0, 0.1) is 12.7 Å². The SMILES string of the molecule is Cc1ccc(F)cc1OCCNc1cccc(Cl)c1. The summed E-state index contributed by atoms with van der Waals surface area (Å²) in [6.45, 7) is 2.96. The highest BCUT2D eigenvalue weighted by atomic mass is 35.5. The second-order valence-electron chi connectivity index (χ2n) is 4.20. The van der Waals surface area contributed by atoms with Crippen LogP contribution in [0.3, 0.4) is 0 Å². The molecule has 2 rings (SSSR count). The van der Waals surface area contributed by atoms with Crippen LogP contribution in [0.2, 0.25) is 5.02 Å². The predicted octanol–water partition coefficient (Wildman–Crippen LogP) is 4.28. The first-order chi connectivity index (χ1) is 9.15. The van der Waals surface area contributed by atoms with E-state index in [-0.39, 0.29) is 5.82 Å². The van der Waals surface area contributed by atoms with Crippen LogP contribution in [0.1, 0.15) is 5.56 Å². The minimum atomic E-state index is -0.289. The number of halogens is 2. The smallest absolute Gasteiger partial charge is 0.126 e. The van der Waals surface area contributed by atoms with Gasteiger partial charge in [0.15, 0.2) is 0 Å². The maximum atomic E-state index is 13.1. The lowest BCUT2D eigenvalue weighted by Crippen LogP contribution is -2.12. The lowest BCUT2D eigenvalue weighted by Gasteiger charge is -2.10. The Bertz CT molecular complexity index is 560. The third-order valence-corrected chi connectivity index (χ3v) is 2.90. The van der Waals surface area contributed by atoms with Crippen LogP contribution in [0.15, 0.2) is 42.5 Å². The summed E-state index contributed by atoms with van der Waals surface area (Å²) < 4.78 is 18.6. The van der Waals surface area contributed by atoms with Gasteiger partial charge in [-0.05, 0) is 36.8 Å². The molecule has 0 saturated heterocycles. The van der Waals surface area contributed by atoms with Crippen LogP contribution in [-0.4, -0.2) is 13.2 Å². The maximum Gasteiger partial charge on any atom is 0.126 e. The maximum absolute atomic E-state index is 13.1. The van der Waals surface area contributed by atoms with Gasteiger partial charge in [0.2, 0.25) is 0 Å². The van der Waals surface area contributed by atoms with Gasteiger partial charge in [-0.2, -0.15) is 0 Å². The summed E-state index contributed by atoms with van der Waals surface area (Å²) in [7, 11) is 0. The topological polar surface area (TPSA) is 21.3 Å². The van der Waals surface area contributed by atoms with E-state index < -0.39 is 0 Å². The monoisotopic (exact) mass is 279 g/mol. The molecule has 0 aliphatic rings. The molecule has 0 fully saturated rings. The van der Waals surface area contributed by atoms with Gasteiger partial charge in [0.25, 0.3) is 0 Å². The number of nitrogens with one attached hydrogen (secondary N) is 1. The first-order valence-electron chi connectivity index (χ1n) is 6.03. The Morgan fingerprint density at radius 3 is 2.84 bits per heavy atom. The van der Waals surface area contributed by atoms with Crippen molar-refractivity contribution in [2.75, 3.05) is 18.5 Å². The van der Waals surface area contributed by atoms with Gasteiger partial charge in [0.05, 0.1) is 0 Å². The average Bonchev–Trinajstić information content (AvgIpc) is 2.39. The molecular weight excluding hydrogens is 265 g/mol. The largest absolute Gasteiger partial charge is 0.491 e. The second kappa shape index (κ2) is 6.43. The minimum absolute atomic E-state index is 0.289. The second-order valence-corrected chi connectivity index (χ2v) is 4.63. The van der Waals surface area contributed by atoms with Crippen molar-refractivity contribution in [1.82, 2.24) is 0 Å². The van der Waals surface area contributed by atoms with Crippen LogP contribution in [0.25, 0.3) is 0 Å². The highest BCUT2D eigenvalue weighted by Gasteiger charge is 2.01. The Hall–Kier alpha value is -1.74. The molecule has 2 aromatic rings. The summed E-state index contributed by atoms with van der Waals surface area (Å²) in [5, 5.41) is 3.87. The summed E-state index contributed by atoms with van der Waals surface area (Å²) >= 11 is 5.88. The highest BCUT2D eigenvalue weighted by Crippen LogP contribution is 2.19.